The first-order valence-corrected chi connectivity index (χ1v) is 4.57. The summed E-state index contributed by atoms with van der Waals surface area (Å²) in [5.74, 6) is -2.02. The van der Waals surface area contributed by atoms with Crippen molar-refractivity contribution in [1.82, 2.24) is 0 Å². The molecule has 1 aromatic rings. The van der Waals surface area contributed by atoms with Crippen LogP contribution in [0.25, 0.3) is 0 Å². The standard InChI is InChI=1S/C10H12F2O4/c11-7-1-5(10(16)9(15)4-14)2-8(12)6(7)3-13/h1-2,9-10,13-16H,3-4H2. The van der Waals surface area contributed by atoms with Gasteiger partial charge in [0.1, 0.15) is 23.8 Å². The molecular weight excluding hydrogens is 222 g/mol. The highest BCUT2D eigenvalue weighted by atomic mass is 19.1. The van der Waals surface area contributed by atoms with Crippen LogP contribution in [0, 0.1) is 11.6 Å². The summed E-state index contributed by atoms with van der Waals surface area (Å²) in [5, 5.41) is 35.7. The Kier molecular flexibility index (Phi) is 4.31. The van der Waals surface area contributed by atoms with E-state index in [0.29, 0.717) is 0 Å². The molecule has 0 aliphatic carbocycles. The van der Waals surface area contributed by atoms with Crippen molar-refractivity contribution in [2.75, 3.05) is 6.61 Å². The molecule has 0 bridgehead atoms. The fourth-order valence-electron chi connectivity index (χ4n) is 1.27. The Hall–Kier alpha value is -1.08. The van der Waals surface area contributed by atoms with Gasteiger partial charge in [0.2, 0.25) is 0 Å². The van der Waals surface area contributed by atoms with E-state index in [4.69, 9.17) is 15.3 Å². The van der Waals surface area contributed by atoms with Crippen molar-refractivity contribution in [3.8, 4) is 0 Å². The molecule has 1 rings (SSSR count). The maximum absolute atomic E-state index is 13.2. The molecule has 0 spiro atoms. The number of hydrogen-bond donors (Lipinski definition) is 4. The summed E-state index contributed by atoms with van der Waals surface area (Å²) in [6.45, 7) is -1.53. The highest BCUT2D eigenvalue weighted by Crippen LogP contribution is 2.22. The van der Waals surface area contributed by atoms with Crippen molar-refractivity contribution in [2.24, 2.45) is 0 Å². The second-order valence-electron chi connectivity index (χ2n) is 3.32. The van der Waals surface area contributed by atoms with Crippen molar-refractivity contribution in [3.05, 3.63) is 34.9 Å². The summed E-state index contributed by atoms with van der Waals surface area (Å²) in [7, 11) is 0. The third kappa shape index (κ3) is 2.53. The highest BCUT2D eigenvalue weighted by molar-refractivity contribution is 5.27. The molecule has 0 saturated carbocycles. The van der Waals surface area contributed by atoms with Gasteiger partial charge in [0, 0.05) is 5.56 Å². The van der Waals surface area contributed by atoms with Gasteiger partial charge in [-0.2, -0.15) is 0 Å². The van der Waals surface area contributed by atoms with Gasteiger partial charge in [-0.3, -0.25) is 0 Å². The zero-order chi connectivity index (χ0) is 12.3. The molecule has 0 aliphatic rings. The van der Waals surface area contributed by atoms with Crippen LogP contribution in [0.15, 0.2) is 12.1 Å². The molecule has 0 amide bonds. The molecule has 4 nitrogen and oxygen atoms in total. The van der Waals surface area contributed by atoms with E-state index in [0.717, 1.165) is 12.1 Å². The number of aliphatic hydroxyl groups is 4. The second-order valence-corrected chi connectivity index (χ2v) is 3.32. The van der Waals surface area contributed by atoms with Gasteiger partial charge in [0.25, 0.3) is 0 Å². The Morgan fingerprint density at radius 3 is 1.94 bits per heavy atom. The zero-order valence-electron chi connectivity index (χ0n) is 8.27. The van der Waals surface area contributed by atoms with Crippen LogP contribution in [0.2, 0.25) is 0 Å². The second kappa shape index (κ2) is 5.31. The Bertz CT molecular complexity index is 347. The van der Waals surface area contributed by atoms with Crippen molar-refractivity contribution in [1.29, 1.82) is 0 Å². The predicted molar refractivity (Wildman–Crippen MR) is 50.3 cm³/mol. The largest absolute Gasteiger partial charge is 0.394 e. The zero-order valence-corrected chi connectivity index (χ0v) is 8.27. The third-order valence-corrected chi connectivity index (χ3v) is 2.21. The Balaban J connectivity index is 3.08. The van der Waals surface area contributed by atoms with Gasteiger partial charge in [0.05, 0.1) is 13.2 Å². The first-order chi connectivity index (χ1) is 7.51. The quantitative estimate of drug-likeness (QED) is 0.583. The van der Waals surface area contributed by atoms with E-state index in [1.165, 1.54) is 0 Å². The summed E-state index contributed by atoms with van der Waals surface area (Å²) in [5.41, 5.74) is -0.705. The Morgan fingerprint density at radius 1 is 1.06 bits per heavy atom. The van der Waals surface area contributed by atoms with Crippen LogP contribution in [0.1, 0.15) is 17.2 Å². The van der Waals surface area contributed by atoms with Gasteiger partial charge in [-0.15, -0.1) is 0 Å². The normalized spacial score (nSPS) is 14.9. The molecule has 0 aromatic heterocycles. The van der Waals surface area contributed by atoms with E-state index in [1.807, 2.05) is 0 Å². The van der Waals surface area contributed by atoms with Gasteiger partial charge >= 0.3 is 0 Å². The molecule has 2 unspecified atom stereocenters. The topological polar surface area (TPSA) is 80.9 Å². The monoisotopic (exact) mass is 234 g/mol. The molecule has 90 valence electrons. The van der Waals surface area contributed by atoms with Crippen molar-refractivity contribution < 1.29 is 29.2 Å². The van der Waals surface area contributed by atoms with Crippen LogP contribution in [-0.2, 0) is 6.61 Å². The van der Waals surface area contributed by atoms with Crippen LogP contribution in [0.3, 0.4) is 0 Å². The van der Waals surface area contributed by atoms with Gasteiger partial charge in [-0.1, -0.05) is 0 Å². The molecule has 16 heavy (non-hydrogen) atoms. The SMILES string of the molecule is OCc1c(F)cc(C(O)C(O)CO)cc1F. The lowest BCUT2D eigenvalue weighted by Crippen LogP contribution is -2.22. The summed E-state index contributed by atoms with van der Waals surface area (Å²) < 4.78 is 26.4. The molecule has 4 N–H and O–H groups in total. The lowest BCUT2D eigenvalue weighted by atomic mass is 10.0. The van der Waals surface area contributed by atoms with Gasteiger partial charge in [-0.25, -0.2) is 8.78 Å². The van der Waals surface area contributed by atoms with Gasteiger partial charge in [-0.05, 0) is 17.7 Å². The minimum atomic E-state index is -1.58. The molecule has 1 aromatic carbocycles. The van der Waals surface area contributed by atoms with E-state index >= 15 is 0 Å². The number of benzene rings is 1. The van der Waals surface area contributed by atoms with Gasteiger partial charge in [0.15, 0.2) is 0 Å². The van der Waals surface area contributed by atoms with Crippen LogP contribution < -0.4 is 0 Å². The number of aliphatic hydroxyl groups excluding tert-OH is 4. The minimum Gasteiger partial charge on any atom is -0.394 e. The molecule has 0 radical (unpaired) electrons. The molecule has 0 aliphatic heterocycles. The molecular formula is C10H12F2O4. The Morgan fingerprint density at radius 2 is 1.56 bits per heavy atom. The van der Waals surface area contributed by atoms with Crippen LogP contribution in [0.5, 0.6) is 0 Å². The number of hydrogen-bond acceptors (Lipinski definition) is 4. The molecule has 0 saturated heterocycles. The summed E-state index contributed by atoms with van der Waals surface area (Å²) in [6.07, 6.45) is -3.10. The van der Waals surface area contributed by atoms with Crippen molar-refractivity contribution >= 4 is 0 Å². The van der Waals surface area contributed by atoms with E-state index in [2.05, 4.69) is 0 Å². The lowest BCUT2D eigenvalue weighted by Gasteiger charge is -2.16. The molecule has 0 heterocycles. The predicted octanol–water partition coefficient (Wildman–Crippen LogP) is -0.156. The maximum Gasteiger partial charge on any atom is 0.132 e. The first-order valence-electron chi connectivity index (χ1n) is 4.57. The summed E-state index contributed by atoms with van der Waals surface area (Å²) >= 11 is 0. The summed E-state index contributed by atoms with van der Waals surface area (Å²) in [6, 6.07) is 1.61. The maximum atomic E-state index is 13.2. The molecule has 2 atom stereocenters. The van der Waals surface area contributed by atoms with Crippen molar-refractivity contribution in [3.63, 3.8) is 0 Å². The van der Waals surface area contributed by atoms with Gasteiger partial charge < -0.3 is 20.4 Å². The molecule has 6 heteroatoms. The molecule has 0 fully saturated rings. The highest BCUT2D eigenvalue weighted by Gasteiger charge is 2.20. The van der Waals surface area contributed by atoms with Crippen LogP contribution >= 0.6 is 0 Å². The average molecular weight is 234 g/mol. The van der Waals surface area contributed by atoms with Crippen LogP contribution in [0.4, 0.5) is 8.78 Å². The minimum absolute atomic E-state index is 0.200. The van der Waals surface area contributed by atoms with E-state index in [1.54, 1.807) is 0 Å². The Labute approximate surface area is 90.4 Å². The fourth-order valence-corrected chi connectivity index (χ4v) is 1.27. The first kappa shape index (κ1) is 13.0. The van der Waals surface area contributed by atoms with Crippen LogP contribution in [-0.4, -0.2) is 33.1 Å². The summed E-state index contributed by atoms with van der Waals surface area (Å²) in [4.78, 5) is 0. The third-order valence-electron chi connectivity index (χ3n) is 2.21. The van der Waals surface area contributed by atoms with E-state index in [9.17, 15) is 13.9 Å². The van der Waals surface area contributed by atoms with E-state index < -0.39 is 42.6 Å². The smallest absolute Gasteiger partial charge is 0.132 e. The number of halogens is 2. The average Bonchev–Trinajstić information content (AvgIpc) is 2.26. The van der Waals surface area contributed by atoms with E-state index in [-0.39, 0.29) is 5.56 Å². The fraction of sp³-hybridized carbons (Fsp3) is 0.400. The van der Waals surface area contributed by atoms with Crippen molar-refractivity contribution in [2.45, 2.75) is 18.8 Å². The number of rotatable bonds is 4. The lowest BCUT2D eigenvalue weighted by molar-refractivity contribution is -0.0155.